The van der Waals surface area contributed by atoms with Crippen molar-refractivity contribution in [2.45, 2.75) is 297 Å². The topological polar surface area (TPSA) is 215 Å². The van der Waals surface area contributed by atoms with E-state index >= 15 is 4.39 Å². The SMILES string of the molecule is CCCCCCCC/C=C\CCCCCCCC(=O)OCC(COC(=O)CCCCCCC/C=C\CCCCCCCC)OC(=O)CC(C)CC(=O)OC(C)OC(=O)OCC(=O)[C@@]1(O)[C@H](C)C[C@H]2[C@@H]3CCC4=CC(=O)C=C[C@]4(C)[C@@]3(F)[C@@H](O)C[C@@]21C. The average molecular weight is 1210 g/mol. The maximum Gasteiger partial charge on any atom is 0.511 e. The van der Waals surface area contributed by atoms with Crippen LogP contribution in [0.5, 0.6) is 0 Å². The number of unbranched alkanes of at least 4 members (excludes halogenated alkanes) is 22. The molecule has 0 aromatic carbocycles. The predicted molar refractivity (Wildman–Crippen MR) is 330 cm³/mol. The molecule has 0 aromatic heterocycles. The summed E-state index contributed by atoms with van der Waals surface area (Å²) in [6, 6.07) is 0. The van der Waals surface area contributed by atoms with E-state index in [2.05, 4.69) is 38.2 Å². The zero-order valence-corrected chi connectivity index (χ0v) is 53.8. The van der Waals surface area contributed by atoms with Gasteiger partial charge >= 0.3 is 30.0 Å². The number of carbonyl (C=O) groups is 7. The van der Waals surface area contributed by atoms with Gasteiger partial charge in [0.1, 0.15) is 18.8 Å². The van der Waals surface area contributed by atoms with Crippen molar-refractivity contribution in [2.24, 2.45) is 34.5 Å². The summed E-state index contributed by atoms with van der Waals surface area (Å²) in [5, 5.41) is 23.9. The molecule has 0 aromatic rings. The van der Waals surface area contributed by atoms with Crippen LogP contribution in [0.2, 0.25) is 0 Å². The number of esters is 4. The number of alkyl halides is 1. The van der Waals surface area contributed by atoms with Crippen LogP contribution >= 0.6 is 0 Å². The van der Waals surface area contributed by atoms with Crippen molar-refractivity contribution in [2.75, 3.05) is 19.8 Å². The van der Waals surface area contributed by atoms with Crippen LogP contribution < -0.4 is 0 Å². The van der Waals surface area contributed by atoms with Gasteiger partial charge in [-0.2, -0.15) is 0 Å². The van der Waals surface area contributed by atoms with Crippen LogP contribution in [-0.2, 0) is 57.2 Å². The van der Waals surface area contributed by atoms with Crippen molar-refractivity contribution in [3.05, 3.63) is 48.1 Å². The molecule has 4 aliphatic rings. The molecule has 4 rings (SSSR count). The number of allylic oxidation sites excluding steroid dienone is 8. The van der Waals surface area contributed by atoms with E-state index in [4.69, 9.17) is 28.4 Å². The van der Waals surface area contributed by atoms with Crippen molar-refractivity contribution in [1.29, 1.82) is 0 Å². The standard InChI is InChI=1S/C70H111FO15/c1-8-10-12-14-16-18-20-22-24-26-28-30-32-34-36-38-62(75)81-49-57(50-82-63(76)39-37-35-33-31-29-27-25-23-21-19-17-15-13-11-9-2)86-65(78)45-52(3)44-64(77)84-54(5)85-66(79)83-51-61(74)70(80)53(4)46-59-58-41-40-55-47-56(72)42-43-67(55,6)69(58,71)60(73)48-68(59,70)7/h22-25,42-43,47,52-54,57-60,73,80H,8-21,26-41,44-46,48-51H2,1-7H3/b24-22-,25-23-/t52?,53-,54?,58+,59+,60+,67+,68+,69+,70+/m1/s1. The molecule has 0 amide bonds. The molecule has 0 spiro atoms. The molecule has 0 bridgehead atoms. The lowest BCUT2D eigenvalue weighted by Gasteiger charge is -2.62. The number of hydrogen-bond donors (Lipinski definition) is 2. The molecule has 15 nitrogen and oxygen atoms in total. The number of ketones is 2. The van der Waals surface area contributed by atoms with Gasteiger partial charge in [0.15, 0.2) is 24.2 Å². The first-order valence-electron chi connectivity index (χ1n) is 33.6. The second kappa shape index (κ2) is 38.7. The average Bonchev–Trinajstić information content (AvgIpc) is 1.33. The largest absolute Gasteiger partial charge is 0.511 e. The van der Waals surface area contributed by atoms with Crippen LogP contribution in [0.15, 0.2) is 48.1 Å². The molecule has 10 atom stereocenters. The number of ether oxygens (including phenoxy) is 6. The van der Waals surface area contributed by atoms with Gasteiger partial charge in [-0.1, -0.05) is 173 Å². The van der Waals surface area contributed by atoms with Gasteiger partial charge in [0, 0.05) is 49.4 Å². The zero-order valence-electron chi connectivity index (χ0n) is 53.8. The maximum absolute atomic E-state index is 17.6. The number of Topliss-reactive ketones (excluding diaryl/α,β-unsaturated/α-hetero) is 1. The Labute approximate surface area is 515 Å². The highest BCUT2D eigenvalue weighted by Gasteiger charge is 2.75. The monoisotopic (exact) mass is 1210 g/mol. The van der Waals surface area contributed by atoms with Gasteiger partial charge in [0.25, 0.3) is 0 Å². The Kier molecular flexibility index (Phi) is 33.2. The van der Waals surface area contributed by atoms with Crippen molar-refractivity contribution >= 4 is 41.6 Å². The fraction of sp³-hybridized carbons (Fsp3) is 0.786. The van der Waals surface area contributed by atoms with E-state index in [1.165, 1.54) is 102 Å². The number of halogens is 1. The Morgan fingerprint density at radius 3 is 1.60 bits per heavy atom. The minimum Gasteiger partial charge on any atom is -0.462 e. The summed E-state index contributed by atoms with van der Waals surface area (Å²) in [6.45, 7) is 10.8. The Hall–Kier alpha value is -4.70. The van der Waals surface area contributed by atoms with Crippen molar-refractivity contribution in [3.63, 3.8) is 0 Å². The first kappa shape index (κ1) is 73.8. The normalized spacial score (nSPS) is 25.7. The number of carbonyl (C=O) groups excluding carboxylic acids is 7. The quantitative estimate of drug-likeness (QED) is 0.0191. The molecular formula is C70H111FO15. The Morgan fingerprint density at radius 1 is 0.640 bits per heavy atom. The molecule has 0 radical (unpaired) electrons. The highest BCUT2D eigenvalue weighted by Crippen LogP contribution is 2.70. The van der Waals surface area contributed by atoms with Gasteiger partial charge in [-0.15, -0.1) is 0 Å². The molecule has 488 valence electrons. The second-order valence-corrected chi connectivity index (χ2v) is 26.0. The van der Waals surface area contributed by atoms with Crippen LogP contribution in [0, 0.1) is 34.5 Å². The number of aliphatic hydroxyl groups excluding tert-OH is 1. The van der Waals surface area contributed by atoms with E-state index in [1.807, 2.05) is 0 Å². The minimum atomic E-state index is -2.16. The fourth-order valence-electron chi connectivity index (χ4n) is 14.0. The van der Waals surface area contributed by atoms with Crippen LogP contribution in [0.3, 0.4) is 0 Å². The molecule has 16 heteroatoms. The van der Waals surface area contributed by atoms with E-state index in [1.54, 1.807) is 27.7 Å². The highest BCUT2D eigenvalue weighted by atomic mass is 19.1. The van der Waals surface area contributed by atoms with E-state index in [9.17, 15) is 43.8 Å². The lowest BCUT2D eigenvalue weighted by Crippen LogP contribution is -2.69. The van der Waals surface area contributed by atoms with Gasteiger partial charge < -0.3 is 38.6 Å². The summed E-state index contributed by atoms with van der Waals surface area (Å²) < 4.78 is 49.8. The third-order valence-corrected chi connectivity index (χ3v) is 19.0. The minimum absolute atomic E-state index is 0.201. The number of aliphatic hydroxyl groups is 2. The number of hydrogen-bond acceptors (Lipinski definition) is 15. The number of fused-ring (bicyclic) bond motifs is 5. The van der Waals surface area contributed by atoms with Crippen LogP contribution in [0.4, 0.5) is 9.18 Å². The van der Waals surface area contributed by atoms with Gasteiger partial charge in [-0.05, 0) is 127 Å². The second-order valence-electron chi connectivity index (χ2n) is 26.0. The molecule has 3 fully saturated rings. The van der Waals surface area contributed by atoms with Crippen LogP contribution in [-0.4, -0.2) is 101 Å². The van der Waals surface area contributed by atoms with Crippen molar-refractivity contribution < 1.29 is 76.6 Å². The van der Waals surface area contributed by atoms with Crippen molar-refractivity contribution in [3.8, 4) is 0 Å². The van der Waals surface area contributed by atoms with Gasteiger partial charge in [-0.25, -0.2) is 9.18 Å². The molecule has 86 heavy (non-hydrogen) atoms. The van der Waals surface area contributed by atoms with Crippen molar-refractivity contribution in [1.82, 2.24) is 0 Å². The molecule has 2 unspecified atom stereocenters. The summed E-state index contributed by atoms with van der Waals surface area (Å²) in [5.41, 5.74) is -6.19. The lowest BCUT2D eigenvalue weighted by atomic mass is 9.44. The zero-order chi connectivity index (χ0) is 63.0. The lowest BCUT2D eigenvalue weighted by molar-refractivity contribution is -0.219. The van der Waals surface area contributed by atoms with Gasteiger partial charge in [0.05, 0.1) is 6.10 Å². The summed E-state index contributed by atoms with van der Waals surface area (Å²) >= 11 is 0. The fourth-order valence-corrected chi connectivity index (χ4v) is 14.0. The van der Waals surface area contributed by atoms with E-state index < -0.39 is 107 Å². The Balaban J connectivity index is 1.18. The van der Waals surface area contributed by atoms with E-state index in [0.717, 1.165) is 77.0 Å². The molecule has 2 N–H and O–H groups in total. The summed E-state index contributed by atoms with van der Waals surface area (Å²) in [5.74, 6) is -6.11. The summed E-state index contributed by atoms with van der Waals surface area (Å²) in [6.07, 6.45) is 38.0. The van der Waals surface area contributed by atoms with E-state index in [0.29, 0.717) is 31.3 Å². The Morgan fingerprint density at radius 2 is 1.10 bits per heavy atom. The molecular weight excluding hydrogens is 1100 g/mol. The van der Waals surface area contributed by atoms with Crippen LogP contribution in [0.1, 0.15) is 267 Å². The Bertz CT molecular complexity index is 2180. The molecule has 0 saturated heterocycles. The highest BCUT2D eigenvalue weighted by molar-refractivity contribution is 6.01. The van der Waals surface area contributed by atoms with E-state index in [-0.39, 0.29) is 57.5 Å². The number of rotatable bonds is 44. The first-order chi connectivity index (χ1) is 41.2. The molecule has 3 saturated carbocycles. The third-order valence-electron chi connectivity index (χ3n) is 19.0. The first-order valence-corrected chi connectivity index (χ1v) is 33.6. The third kappa shape index (κ3) is 22.7. The molecule has 0 aliphatic heterocycles. The molecule has 0 heterocycles. The smallest absolute Gasteiger partial charge is 0.462 e. The molecule has 4 aliphatic carbocycles. The van der Waals surface area contributed by atoms with Crippen LogP contribution in [0.25, 0.3) is 0 Å². The predicted octanol–water partition coefficient (Wildman–Crippen LogP) is 15.4. The summed E-state index contributed by atoms with van der Waals surface area (Å²) in [4.78, 5) is 90.9. The summed E-state index contributed by atoms with van der Waals surface area (Å²) in [7, 11) is 0. The van der Waals surface area contributed by atoms with Gasteiger partial charge in [0.2, 0.25) is 12.1 Å². The van der Waals surface area contributed by atoms with Gasteiger partial charge in [-0.3, -0.25) is 28.8 Å². The maximum atomic E-state index is 17.6.